The van der Waals surface area contributed by atoms with Gasteiger partial charge in [0.15, 0.2) is 40.8 Å². The largest absolute Gasteiger partial charge is 0.497 e. The van der Waals surface area contributed by atoms with Crippen molar-refractivity contribution >= 4 is 87.4 Å². The maximum absolute atomic E-state index is 13.3. The van der Waals surface area contributed by atoms with Crippen molar-refractivity contribution in [2.45, 2.75) is 89.3 Å². The number of benzene rings is 6. The van der Waals surface area contributed by atoms with Crippen LogP contribution < -0.4 is 23.7 Å². The molecule has 0 N–H and O–H groups in total. The molecule has 4 fully saturated rings. The first-order valence-electron chi connectivity index (χ1n) is 28.3. The van der Waals surface area contributed by atoms with Gasteiger partial charge in [-0.05, 0) is 108 Å². The van der Waals surface area contributed by atoms with Crippen molar-refractivity contribution in [2.75, 3.05) is 39.5 Å². The summed E-state index contributed by atoms with van der Waals surface area (Å²) in [6, 6.07) is 45.0. The Kier molecular flexibility index (Phi) is 25.0. The number of thioether (sulfide) groups is 2. The average molecular weight is 1230 g/mol. The zero-order valence-electron chi connectivity index (χ0n) is 47.2. The fourth-order valence-electron chi connectivity index (χ4n) is 10.3. The lowest BCUT2D eigenvalue weighted by molar-refractivity contribution is -0.137. The second-order valence-electron chi connectivity index (χ2n) is 20.4. The number of ether oxygens (including phenoxy) is 7. The summed E-state index contributed by atoms with van der Waals surface area (Å²) in [7, 11) is 1.66. The summed E-state index contributed by atoms with van der Waals surface area (Å²) in [5.41, 5.74) is 5.07. The van der Waals surface area contributed by atoms with E-state index in [0.29, 0.717) is 86.7 Å². The standard InChI is InChI=1S/C33H32FNO5S2.C28H31FO3.C5H5NO3S2/c34-27-14-11-23(12-15-27)17-18-39-28-16-13-24(20-30-32(37)35(21-38-22-36)33(41)42-30)19-29(28)40-31(25-7-3-1-4-8-25)26-9-5-2-6-10-26;1-30-25-16-17-26(31-19-18-21-12-14-24(29)15-13-21)27(20-25)32-28(22-8-4-2-5-9-22)23-10-6-3-7-11-23;7-3-9-2-6-4(8)1-11-5(6)10/h1,3-4,7-8,11-16,19-20,22,26,31H,2,5-6,9-10,17-18,21H2;2,4-5,8-9,12-17,20,23,28H,3,6-7,10-11,18-19H2,1H3;3H,1-2H2/b30-20-;;. The summed E-state index contributed by atoms with van der Waals surface area (Å²) in [5.74, 6) is 3.58. The Morgan fingerprint density at radius 1 is 0.576 bits per heavy atom. The molecule has 85 heavy (non-hydrogen) atoms. The van der Waals surface area contributed by atoms with E-state index in [1.54, 1.807) is 37.5 Å². The van der Waals surface area contributed by atoms with E-state index in [1.165, 1.54) is 103 Å². The number of halogens is 2. The highest BCUT2D eigenvalue weighted by atomic mass is 32.2. The zero-order chi connectivity index (χ0) is 59.8. The Hall–Kier alpha value is -7.32. The van der Waals surface area contributed by atoms with Crippen molar-refractivity contribution in [1.29, 1.82) is 0 Å². The van der Waals surface area contributed by atoms with Crippen LogP contribution in [0.25, 0.3) is 6.08 Å². The van der Waals surface area contributed by atoms with Gasteiger partial charge in [-0.1, -0.05) is 177 Å². The number of carbonyl (C=O) groups excluding carboxylic acids is 4. The predicted molar refractivity (Wildman–Crippen MR) is 334 cm³/mol. The SMILES string of the molecule is COc1ccc(OCCc2ccc(F)cc2)c(OC(c2ccccc2)C2CCCCC2)c1.O=COCN1C(=O)/C(=C/c2ccc(OCCc3ccc(F)cc3)c(OC(c3ccccc3)C3CCCCC3)c2)SC1=S.O=COCN1C(=O)CSC1=S. The molecule has 0 spiro atoms. The zero-order valence-corrected chi connectivity index (χ0v) is 50.5. The van der Waals surface area contributed by atoms with Crippen LogP contribution in [0.4, 0.5) is 8.78 Å². The molecule has 2 heterocycles. The van der Waals surface area contributed by atoms with Crippen LogP contribution in [0.2, 0.25) is 0 Å². The van der Waals surface area contributed by atoms with Gasteiger partial charge in [-0.2, -0.15) is 0 Å². The number of hydrogen-bond acceptors (Lipinski definition) is 15. The number of hydrogen-bond donors (Lipinski definition) is 0. The monoisotopic (exact) mass is 1230 g/mol. The van der Waals surface area contributed by atoms with Gasteiger partial charge < -0.3 is 33.2 Å². The third-order valence-corrected chi connectivity index (χ3v) is 17.5. The molecule has 446 valence electrons. The maximum Gasteiger partial charge on any atom is 0.294 e. The Morgan fingerprint density at radius 2 is 1.06 bits per heavy atom. The maximum atomic E-state index is 13.3. The van der Waals surface area contributed by atoms with E-state index in [2.05, 4.69) is 41.1 Å². The third-order valence-electron chi connectivity index (χ3n) is 14.7. The van der Waals surface area contributed by atoms with Crippen LogP contribution in [0.3, 0.4) is 0 Å². The second kappa shape index (κ2) is 33.4. The van der Waals surface area contributed by atoms with E-state index >= 15 is 0 Å². The Morgan fingerprint density at radius 3 is 1.53 bits per heavy atom. The first-order valence-corrected chi connectivity index (χ1v) is 30.9. The molecular formula is C66H68F2N2O11S4. The quantitative estimate of drug-likeness (QED) is 0.0322. The number of carbonyl (C=O) groups is 4. The minimum Gasteiger partial charge on any atom is -0.497 e. The van der Waals surface area contributed by atoms with Crippen LogP contribution in [-0.2, 0) is 41.5 Å². The highest BCUT2D eigenvalue weighted by molar-refractivity contribution is 8.26. The molecule has 6 aromatic rings. The molecule has 10 rings (SSSR count). The topological polar surface area (TPSA) is 139 Å². The molecule has 4 aliphatic rings. The summed E-state index contributed by atoms with van der Waals surface area (Å²) in [6.45, 7) is 1.16. The molecule has 2 unspecified atom stereocenters. The van der Waals surface area contributed by atoms with Crippen molar-refractivity contribution in [3.63, 3.8) is 0 Å². The van der Waals surface area contributed by atoms with Crippen LogP contribution in [0.15, 0.2) is 150 Å². The molecule has 2 saturated carbocycles. The van der Waals surface area contributed by atoms with Gasteiger partial charge in [-0.3, -0.25) is 29.0 Å². The molecule has 2 aliphatic carbocycles. The highest BCUT2D eigenvalue weighted by Gasteiger charge is 2.34. The van der Waals surface area contributed by atoms with Crippen molar-refractivity contribution in [2.24, 2.45) is 11.8 Å². The van der Waals surface area contributed by atoms with E-state index in [4.69, 9.17) is 52.9 Å². The highest BCUT2D eigenvalue weighted by Crippen LogP contribution is 2.44. The fraction of sp³-hybridized carbons (Fsp3) is 0.333. The van der Waals surface area contributed by atoms with E-state index in [0.717, 1.165) is 52.6 Å². The molecule has 0 bridgehead atoms. The van der Waals surface area contributed by atoms with E-state index in [1.807, 2.05) is 60.7 Å². The van der Waals surface area contributed by atoms with Crippen molar-refractivity contribution in [3.05, 3.63) is 190 Å². The molecule has 2 amide bonds. The first kappa shape index (κ1) is 63.7. The third kappa shape index (κ3) is 19.1. The summed E-state index contributed by atoms with van der Waals surface area (Å²) in [4.78, 5) is 47.2. The van der Waals surface area contributed by atoms with Crippen molar-refractivity contribution in [1.82, 2.24) is 9.80 Å². The summed E-state index contributed by atoms with van der Waals surface area (Å²) in [6.07, 6.45) is 14.8. The first-order chi connectivity index (χ1) is 41.5. The number of methoxy groups -OCH3 is 1. The average Bonchev–Trinajstić information content (AvgIpc) is 4.27. The lowest BCUT2D eigenvalue weighted by Gasteiger charge is -2.31. The van der Waals surface area contributed by atoms with Crippen LogP contribution >= 0.6 is 48.0 Å². The van der Waals surface area contributed by atoms with Crippen LogP contribution in [0.5, 0.6) is 28.7 Å². The van der Waals surface area contributed by atoms with Crippen LogP contribution in [0, 0.1) is 23.5 Å². The van der Waals surface area contributed by atoms with Gasteiger partial charge in [-0.15, -0.1) is 0 Å². The predicted octanol–water partition coefficient (Wildman–Crippen LogP) is 14.6. The van der Waals surface area contributed by atoms with Gasteiger partial charge in [0.25, 0.3) is 18.9 Å². The number of rotatable bonds is 24. The molecule has 0 aromatic heterocycles. The molecule has 2 saturated heterocycles. The van der Waals surface area contributed by atoms with Gasteiger partial charge in [0.05, 0.1) is 31.0 Å². The molecule has 2 aliphatic heterocycles. The lowest BCUT2D eigenvalue weighted by Crippen LogP contribution is -2.30. The number of thiocarbonyl (C=S) groups is 2. The molecule has 19 heteroatoms. The van der Waals surface area contributed by atoms with E-state index in [9.17, 15) is 28.0 Å². The molecule has 6 aromatic carbocycles. The molecule has 13 nitrogen and oxygen atoms in total. The second-order valence-corrected chi connectivity index (χ2v) is 23.7. The summed E-state index contributed by atoms with van der Waals surface area (Å²) in [5, 5.41) is 0. The fourth-order valence-corrected chi connectivity index (χ4v) is 12.6. The normalized spacial score (nSPS) is 16.5. The lowest BCUT2D eigenvalue weighted by atomic mass is 9.82. The van der Waals surface area contributed by atoms with Gasteiger partial charge in [-0.25, -0.2) is 8.78 Å². The summed E-state index contributed by atoms with van der Waals surface area (Å²) < 4.78 is 67.7. The number of amides is 2. The van der Waals surface area contributed by atoms with E-state index in [-0.39, 0.29) is 55.6 Å². The van der Waals surface area contributed by atoms with E-state index < -0.39 is 0 Å². The Bertz CT molecular complexity index is 3170. The van der Waals surface area contributed by atoms with Gasteiger partial charge in [0.1, 0.15) is 33.9 Å². The Balaban J connectivity index is 0.000000192. The minimum atomic E-state index is -0.321. The smallest absolute Gasteiger partial charge is 0.294 e. The minimum absolute atomic E-state index is 0.0249. The van der Waals surface area contributed by atoms with Crippen LogP contribution in [-0.4, -0.2) is 82.7 Å². The van der Waals surface area contributed by atoms with Crippen molar-refractivity contribution < 1.29 is 61.1 Å². The van der Waals surface area contributed by atoms with Gasteiger partial charge in [0.2, 0.25) is 5.91 Å². The molecule has 2 atom stereocenters. The van der Waals surface area contributed by atoms with Gasteiger partial charge >= 0.3 is 0 Å². The molecule has 0 radical (unpaired) electrons. The van der Waals surface area contributed by atoms with Crippen LogP contribution in [0.1, 0.15) is 104 Å². The summed E-state index contributed by atoms with van der Waals surface area (Å²) >= 11 is 12.6. The van der Waals surface area contributed by atoms with Crippen molar-refractivity contribution in [3.8, 4) is 28.7 Å². The Labute approximate surface area is 514 Å². The number of nitrogens with zero attached hydrogens (tertiary/aromatic N) is 2. The van der Waals surface area contributed by atoms with Gasteiger partial charge in [0, 0.05) is 30.7 Å². The molecular weight excluding hydrogens is 1160 g/mol.